The Morgan fingerprint density at radius 1 is 1.06 bits per heavy atom. The number of hydrogen-bond donors (Lipinski definition) is 3. The Labute approximate surface area is 189 Å². The number of rotatable bonds is 8. The minimum Gasteiger partial charge on any atom is -0.396 e. The van der Waals surface area contributed by atoms with Crippen LogP contribution < -0.4 is 5.32 Å². The second kappa shape index (κ2) is 10.1. The third-order valence-corrected chi connectivity index (χ3v) is 5.24. The fourth-order valence-corrected chi connectivity index (χ4v) is 3.62. The molecule has 4 rings (SSSR count). The van der Waals surface area contributed by atoms with Crippen LogP contribution in [-0.2, 0) is 6.42 Å². The Hall–Kier alpha value is -3.91. The number of nitrogens with zero attached hydrogens (tertiary/aromatic N) is 2. The molecule has 8 heteroatoms. The van der Waals surface area contributed by atoms with Crippen molar-refractivity contribution in [3.05, 3.63) is 95.8 Å². The van der Waals surface area contributed by atoms with Crippen LogP contribution in [0, 0.1) is 11.6 Å². The van der Waals surface area contributed by atoms with Crippen molar-refractivity contribution in [1.82, 2.24) is 20.5 Å². The fraction of sp³-hybridized carbons (Fsp3) is 0.160. The van der Waals surface area contributed by atoms with E-state index in [1.165, 1.54) is 30.3 Å². The molecule has 0 unspecified atom stereocenters. The van der Waals surface area contributed by atoms with E-state index in [-0.39, 0.29) is 35.3 Å². The lowest BCUT2D eigenvalue weighted by atomic mass is 10.0. The smallest absolute Gasteiger partial charge is 0.252 e. The minimum atomic E-state index is -0.594. The molecule has 0 aliphatic carbocycles. The van der Waals surface area contributed by atoms with Gasteiger partial charge < -0.3 is 10.4 Å². The van der Waals surface area contributed by atoms with Crippen molar-refractivity contribution < 1.29 is 18.7 Å². The summed E-state index contributed by atoms with van der Waals surface area (Å²) in [4.78, 5) is 17.4. The van der Waals surface area contributed by atoms with Gasteiger partial charge in [0.05, 0.1) is 22.5 Å². The zero-order chi connectivity index (χ0) is 23.2. The predicted molar refractivity (Wildman–Crippen MR) is 120 cm³/mol. The number of nitrogens with one attached hydrogen (secondary N) is 2. The van der Waals surface area contributed by atoms with Gasteiger partial charge in [-0.25, -0.2) is 8.78 Å². The first-order chi connectivity index (χ1) is 16.0. The molecule has 0 aliphatic heterocycles. The van der Waals surface area contributed by atoms with Crippen LogP contribution in [0.1, 0.15) is 22.5 Å². The highest BCUT2D eigenvalue weighted by Gasteiger charge is 2.22. The zero-order valence-corrected chi connectivity index (χ0v) is 17.6. The van der Waals surface area contributed by atoms with Crippen LogP contribution in [0.25, 0.3) is 22.5 Å². The van der Waals surface area contributed by atoms with Gasteiger partial charge in [0.1, 0.15) is 11.6 Å². The van der Waals surface area contributed by atoms with Crippen LogP contribution in [-0.4, -0.2) is 38.8 Å². The van der Waals surface area contributed by atoms with E-state index in [0.717, 1.165) is 5.69 Å². The SMILES string of the molecule is O=C(N[C@@H](CCO)Cc1ccccn1)c1cccc(F)c1-c1cc(-c2ccc(F)cc2)[nH]n1. The summed E-state index contributed by atoms with van der Waals surface area (Å²) in [6.45, 7) is -0.117. The summed E-state index contributed by atoms with van der Waals surface area (Å²) < 4.78 is 28.1. The zero-order valence-electron chi connectivity index (χ0n) is 17.6. The summed E-state index contributed by atoms with van der Waals surface area (Å²) in [5, 5.41) is 19.3. The van der Waals surface area contributed by atoms with Gasteiger partial charge in [-0.3, -0.25) is 14.9 Å². The Morgan fingerprint density at radius 3 is 2.61 bits per heavy atom. The first-order valence-corrected chi connectivity index (χ1v) is 10.5. The predicted octanol–water partition coefficient (Wildman–Crippen LogP) is 4.14. The molecule has 0 bridgehead atoms. The number of aromatic amines is 1. The van der Waals surface area contributed by atoms with Crippen molar-refractivity contribution in [1.29, 1.82) is 0 Å². The number of H-pyrrole nitrogens is 1. The summed E-state index contributed by atoms with van der Waals surface area (Å²) >= 11 is 0. The molecule has 0 saturated carbocycles. The topological polar surface area (TPSA) is 90.9 Å². The van der Waals surface area contributed by atoms with Gasteiger partial charge in [0, 0.05) is 31.0 Å². The molecule has 2 heterocycles. The number of aromatic nitrogens is 3. The summed E-state index contributed by atoms with van der Waals surface area (Å²) in [6, 6.07) is 16.8. The molecule has 3 N–H and O–H groups in total. The van der Waals surface area contributed by atoms with Crippen LogP contribution in [0.2, 0.25) is 0 Å². The molecule has 0 saturated heterocycles. The first-order valence-electron chi connectivity index (χ1n) is 10.5. The molecule has 0 aliphatic rings. The first kappa shape index (κ1) is 22.3. The molecule has 1 atom stereocenters. The Bertz CT molecular complexity index is 1230. The van der Waals surface area contributed by atoms with Crippen molar-refractivity contribution >= 4 is 5.91 Å². The monoisotopic (exact) mass is 448 g/mol. The number of pyridine rings is 1. The van der Waals surface area contributed by atoms with E-state index in [0.29, 0.717) is 24.1 Å². The molecule has 0 radical (unpaired) electrons. The van der Waals surface area contributed by atoms with Gasteiger partial charge in [0.25, 0.3) is 5.91 Å². The van der Waals surface area contributed by atoms with Gasteiger partial charge in [0.15, 0.2) is 0 Å². The second-order valence-electron chi connectivity index (χ2n) is 7.54. The molecule has 2 aromatic carbocycles. The number of carbonyl (C=O) groups excluding carboxylic acids is 1. The summed E-state index contributed by atoms with van der Waals surface area (Å²) in [6.07, 6.45) is 2.41. The lowest BCUT2D eigenvalue weighted by Gasteiger charge is -2.18. The van der Waals surface area contributed by atoms with Crippen molar-refractivity contribution in [3.8, 4) is 22.5 Å². The van der Waals surface area contributed by atoms with E-state index in [4.69, 9.17) is 0 Å². The molecule has 2 aromatic heterocycles. The van der Waals surface area contributed by atoms with E-state index in [1.54, 1.807) is 30.5 Å². The van der Waals surface area contributed by atoms with Gasteiger partial charge in [0.2, 0.25) is 0 Å². The summed E-state index contributed by atoms with van der Waals surface area (Å²) in [5.41, 5.74) is 2.44. The fourth-order valence-electron chi connectivity index (χ4n) is 3.62. The van der Waals surface area contributed by atoms with E-state index < -0.39 is 11.7 Å². The standard InChI is InChI=1S/C25H22F2N4O2/c26-17-9-7-16(8-10-17)22-15-23(31-30-22)24-20(5-3-6-21(24)27)25(33)29-19(11-13-32)14-18-4-1-2-12-28-18/h1-10,12,15,19,32H,11,13-14H2,(H,29,33)(H,30,31)/t19-/m0/s1. The quantitative estimate of drug-likeness (QED) is 0.378. The van der Waals surface area contributed by atoms with Gasteiger partial charge >= 0.3 is 0 Å². The van der Waals surface area contributed by atoms with Crippen LogP contribution >= 0.6 is 0 Å². The van der Waals surface area contributed by atoms with Crippen molar-refractivity contribution in [2.24, 2.45) is 0 Å². The van der Waals surface area contributed by atoms with Gasteiger partial charge in [-0.2, -0.15) is 5.10 Å². The maximum atomic E-state index is 14.9. The lowest BCUT2D eigenvalue weighted by Crippen LogP contribution is -2.37. The van der Waals surface area contributed by atoms with Gasteiger partial charge in [-0.1, -0.05) is 12.1 Å². The maximum Gasteiger partial charge on any atom is 0.252 e. The number of benzene rings is 2. The molecular formula is C25H22F2N4O2. The maximum absolute atomic E-state index is 14.9. The Kier molecular flexibility index (Phi) is 6.85. The summed E-state index contributed by atoms with van der Waals surface area (Å²) in [7, 11) is 0. The molecule has 0 spiro atoms. The molecule has 6 nitrogen and oxygen atoms in total. The second-order valence-corrected chi connectivity index (χ2v) is 7.54. The van der Waals surface area contributed by atoms with E-state index in [1.807, 2.05) is 12.1 Å². The highest BCUT2D eigenvalue weighted by molar-refractivity contribution is 6.01. The average Bonchev–Trinajstić information content (AvgIpc) is 3.30. The van der Waals surface area contributed by atoms with Crippen molar-refractivity contribution in [2.45, 2.75) is 18.9 Å². The van der Waals surface area contributed by atoms with Crippen LogP contribution in [0.15, 0.2) is 72.9 Å². The largest absolute Gasteiger partial charge is 0.396 e. The normalized spacial score (nSPS) is 11.8. The van der Waals surface area contributed by atoms with Crippen molar-refractivity contribution in [2.75, 3.05) is 6.61 Å². The molecule has 33 heavy (non-hydrogen) atoms. The van der Waals surface area contributed by atoms with E-state index in [2.05, 4.69) is 20.5 Å². The molecule has 168 valence electrons. The van der Waals surface area contributed by atoms with Gasteiger partial charge in [-0.15, -0.1) is 0 Å². The Balaban J connectivity index is 1.61. The third kappa shape index (κ3) is 5.30. The molecule has 1 amide bonds. The molecular weight excluding hydrogens is 426 g/mol. The van der Waals surface area contributed by atoms with E-state index in [9.17, 15) is 18.7 Å². The molecule has 4 aromatic rings. The van der Waals surface area contributed by atoms with Crippen LogP contribution in [0.5, 0.6) is 0 Å². The summed E-state index contributed by atoms with van der Waals surface area (Å²) in [5.74, 6) is -1.44. The average molecular weight is 448 g/mol. The van der Waals surface area contributed by atoms with Gasteiger partial charge in [-0.05, 0) is 66.6 Å². The van der Waals surface area contributed by atoms with Crippen molar-refractivity contribution in [3.63, 3.8) is 0 Å². The number of aliphatic hydroxyl groups is 1. The number of aliphatic hydroxyl groups excluding tert-OH is 1. The van der Waals surface area contributed by atoms with Crippen LogP contribution in [0.4, 0.5) is 8.78 Å². The number of halogens is 2. The van der Waals surface area contributed by atoms with E-state index >= 15 is 0 Å². The lowest BCUT2D eigenvalue weighted by molar-refractivity contribution is 0.0930. The minimum absolute atomic E-state index is 0.0557. The highest BCUT2D eigenvalue weighted by atomic mass is 19.1. The number of carbonyl (C=O) groups is 1. The van der Waals surface area contributed by atoms with Crippen LogP contribution in [0.3, 0.4) is 0 Å². The third-order valence-electron chi connectivity index (χ3n) is 5.24. The number of hydrogen-bond acceptors (Lipinski definition) is 4. The Morgan fingerprint density at radius 2 is 1.88 bits per heavy atom. The number of amides is 1. The molecule has 0 fully saturated rings. The highest BCUT2D eigenvalue weighted by Crippen LogP contribution is 2.29.